The van der Waals surface area contributed by atoms with Crippen molar-refractivity contribution in [3.05, 3.63) is 23.8 Å². The smallest absolute Gasteiger partial charge is 0.260 e. The molecular weight excluding hydrogens is 402 g/mol. The minimum Gasteiger partial charge on any atom is -0.493 e. The number of ether oxygens (including phenoxy) is 2. The number of methoxy groups -OCH3 is 1. The van der Waals surface area contributed by atoms with Crippen LogP contribution in [0, 0.1) is 11.8 Å². The third-order valence-electron chi connectivity index (χ3n) is 6.58. The lowest BCUT2D eigenvalue weighted by atomic mass is 9.87. The maximum atomic E-state index is 13.7. The average Bonchev–Trinajstić information content (AvgIpc) is 2.72. The SMILES string of the molecule is COc1cc(CN2CCCC(F)(F)C2)ccc1OCC(O)CN1CCC(C(C)C)CC1. The van der Waals surface area contributed by atoms with Crippen molar-refractivity contribution in [2.45, 2.75) is 58.1 Å². The fourth-order valence-electron chi connectivity index (χ4n) is 4.71. The van der Waals surface area contributed by atoms with Gasteiger partial charge in [-0.25, -0.2) is 8.78 Å². The van der Waals surface area contributed by atoms with Crippen LogP contribution in [0.1, 0.15) is 45.1 Å². The summed E-state index contributed by atoms with van der Waals surface area (Å²) in [5, 5.41) is 10.4. The van der Waals surface area contributed by atoms with Gasteiger partial charge in [0.25, 0.3) is 5.92 Å². The molecule has 3 rings (SSSR count). The minimum absolute atomic E-state index is 0.0301. The van der Waals surface area contributed by atoms with Gasteiger partial charge in [-0.2, -0.15) is 0 Å². The van der Waals surface area contributed by atoms with E-state index < -0.39 is 12.0 Å². The summed E-state index contributed by atoms with van der Waals surface area (Å²) < 4.78 is 38.6. The highest BCUT2D eigenvalue weighted by Crippen LogP contribution is 2.31. The van der Waals surface area contributed by atoms with Crippen LogP contribution >= 0.6 is 0 Å². The molecule has 2 aliphatic rings. The molecule has 1 unspecified atom stereocenters. The van der Waals surface area contributed by atoms with Gasteiger partial charge in [0.15, 0.2) is 11.5 Å². The molecule has 0 bridgehead atoms. The van der Waals surface area contributed by atoms with E-state index in [9.17, 15) is 13.9 Å². The molecule has 5 nitrogen and oxygen atoms in total. The van der Waals surface area contributed by atoms with Gasteiger partial charge in [-0.05, 0) is 68.4 Å². The Morgan fingerprint density at radius 3 is 2.52 bits per heavy atom. The fourth-order valence-corrected chi connectivity index (χ4v) is 4.71. The summed E-state index contributed by atoms with van der Waals surface area (Å²) in [5.74, 6) is 0.0193. The molecule has 1 aromatic rings. The van der Waals surface area contributed by atoms with Gasteiger partial charge >= 0.3 is 0 Å². The monoisotopic (exact) mass is 440 g/mol. The van der Waals surface area contributed by atoms with E-state index in [1.54, 1.807) is 18.1 Å². The maximum Gasteiger partial charge on any atom is 0.260 e. The Kier molecular flexibility index (Phi) is 8.53. The molecule has 176 valence electrons. The van der Waals surface area contributed by atoms with E-state index in [1.165, 1.54) is 12.8 Å². The topological polar surface area (TPSA) is 45.2 Å². The second kappa shape index (κ2) is 10.9. The number of likely N-dealkylation sites (tertiary alicyclic amines) is 2. The zero-order chi connectivity index (χ0) is 22.4. The Balaban J connectivity index is 1.47. The van der Waals surface area contributed by atoms with Crippen molar-refractivity contribution in [2.24, 2.45) is 11.8 Å². The molecule has 1 atom stereocenters. The van der Waals surface area contributed by atoms with Crippen LogP contribution in [0.25, 0.3) is 0 Å². The number of aliphatic hydroxyl groups is 1. The summed E-state index contributed by atoms with van der Waals surface area (Å²) in [5.41, 5.74) is 0.912. The summed E-state index contributed by atoms with van der Waals surface area (Å²) in [7, 11) is 1.57. The van der Waals surface area contributed by atoms with E-state index in [2.05, 4.69) is 18.7 Å². The van der Waals surface area contributed by atoms with E-state index in [4.69, 9.17) is 9.47 Å². The van der Waals surface area contributed by atoms with E-state index in [0.717, 1.165) is 30.5 Å². The molecule has 0 spiro atoms. The van der Waals surface area contributed by atoms with Gasteiger partial charge < -0.3 is 19.5 Å². The number of alkyl halides is 2. The molecule has 1 N–H and O–H groups in total. The third kappa shape index (κ3) is 7.29. The number of hydrogen-bond donors (Lipinski definition) is 1. The molecule has 7 heteroatoms. The normalized spacial score (nSPS) is 21.9. The molecule has 31 heavy (non-hydrogen) atoms. The Morgan fingerprint density at radius 2 is 1.87 bits per heavy atom. The summed E-state index contributed by atoms with van der Waals surface area (Å²) in [6.45, 7) is 8.34. The van der Waals surface area contributed by atoms with Crippen molar-refractivity contribution in [3.63, 3.8) is 0 Å². The first-order valence-corrected chi connectivity index (χ1v) is 11.6. The number of β-amino-alcohol motifs (C(OH)–C–C–N with tert-alkyl or cyclic N) is 1. The summed E-state index contributed by atoms with van der Waals surface area (Å²) >= 11 is 0. The van der Waals surface area contributed by atoms with Crippen LogP contribution in [-0.2, 0) is 6.54 Å². The van der Waals surface area contributed by atoms with Crippen molar-refractivity contribution in [1.82, 2.24) is 9.80 Å². The van der Waals surface area contributed by atoms with Crippen molar-refractivity contribution >= 4 is 0 Å². The lowest BCUT2D eigenvalue weighted by Crippen LogP contribution is -2.42. The van der Waals surface area contributed by atoms with E-state index in [0.29, 0.717) is 37.6 Å². The Morgan fingerprint density at radius 1 is 1.13 bits per heavy atom. The van der Waals surface area contributed by atoms with Gasteiger partial charge in [-0.15, -0.1) is 0 Å². The Bertz CT molecular complexity index is 693. The van der Waals surface area contributed by atoms with Gasteiger partial charge in [0.2, 0.25) is 0 Å². The zero-order valence-corrected chi connectivity index (χ0v) is 19.2. The first-order valence-electron chi connectivity index (χ1n) is 11.6. The molecule has 0 radical (unpaired) electrons. The summed E-state index contributed by atoms with van der Waals surface area (Å²) in [6, 6.07) is 5.52. The minimum atomic E-state index is -2.61. The number of halogens is 2. The molecule has 1 aromatic carbocycles. The molecule has 0 amide bonds. The number of nitrogens with zero attached hydrogens (tertiary/aromatic N) is 2. The van der Waals surface area contributed by atoms with Crippen LogP contribution < -0.4 is 9.47 Å². The van der Waals surface area contributed by atoms with Crippen molar-refractivity contribution < 1.29 is 23.4 Å². The molecule has 2 saturated heterocycles. The van der Waals surface area contributed by atoms with Crippen LogP contribution in [0.2, 0.25) is 0 Å². The van der Waals surface area contributed by atoms with Gasteiger partial charge in [-0.3, -0.25) is 4.90 Å². The molecular formula is C24H38F2N2O3. The van der Waals surface area contributed by atoms with Crippen molar-refractivity contribution in [2.75, 3.05) is 46.4 Å². The van der Waals surface area contributed by atoms with Gasteiger partial charge in [0, 0.05) is 19.5 Å². The number of rotatable bonds is 9. The lowest BCUT2D eigenvalue weighted by Gasteiger charge is -2.34. The van der Waals surface area contributed by atoms with Gasteiger partial charge in [-0.1, -0.05) is 19.9 Å². The third-order valence-corrected chi connectivity index (χ3v) is 6.58. The largest absolute Gasteiger partial charge is 0.493 e. The first kappa shape index (κ1) is 24.2. The molecule has 0 aliphatic carbocycles. The number of piperidine rings is 2. The standard InChI is InChI=1S/C24H38F2N2O3/c1-18(2)20-7-11-27(12-8-20)15-21(29)16-31-22-6-5-19(13-23(22)30-3)14-28-10-4-9-24(25,26)17-28/h5-6,13,18,20-21,29H,4,7-12,14-17H2,1-3H3. The van der Waals surface area contributed by atoms with Crippen LogP contribution in [0.5, 0.6) is 11.5 Å². The van der Waals surface area contributed by atoms with E-state index >= 15 is 0 Å². The van der Waals surface area contributed by atoms with Crippen LogP contribution in [0.3, 0.4) is 0 Å². The number of aliphatic hydroxyl groups excluding tert-OH is 1. The predicted octanol–water partition coefficient (Wildman–Crippen LogP) is 4.03. The first-order chi connectivity index (χ1) is 14.8. The van der Waals surface area contributed by atoms with Crippen LogP contribution in [-0.4, -0.2) is 73.4 Å². The highest BCUT2D eigenvalue weighted by atomic mass is 19.3. The Labute approximate surface area is 185 Å². The van der Waals surface area contributed by atoms with Crippen molar-refractivity contribution in [1.29, 1.82) is 0 Å². The predicted molar refractivity (Wildman–Crippen MR) is 118 cm³/mol. The van der Waals surface area contributed by atoms with Gasteiger partial charge in [0.05, 0.1) is 13.7 Å². The molecule has 0 saturated carbocycles. The highest BCUT2D eigenvalue weighted by molar-refractivity contribution is 5.43. The fraction of sp³-hybridized carbons (Fsp3) is 0.750. The van der Waals surface area contributed by atoms with Gasteiger partial charge in [0.1, 0.15) is 12.7 Å². The average molecular weight is 441 g/mol. The quantitative estimate of drug-likeness (QED) is 0.628. The Hall–Kier alpha value is -1.44. The van der Waals surface area contributed by atoms with Crippen molar-refractivity contribution in [3.8, 4) is 11.5 Å². The maximum absolute atomic E-state index is 13.7. The summed E-state index contributed by atoms with van der Waals surface area (Å²) in [6.07, 6.45) is 2.28. The number of benzene rings is 1. The molecule has 2 heterocycles. The molecule has 0 aromatic heterocycles. The second-order valence-electron chi connectivity index (χ2n) is 9.50. The van der Waals surface area contributed by atoms with E-state index in [1.807, 2.05) is 12.1 Å². The second-order valence-corrected chi connectivity index (χ2v) is 9.50. The van der Waals surface area contributed by atoms with Crippen LogP contribution in [0.4, 0.5) is 8.78 Å². The van der Waals surface area contributed by atoms with Crippen LogP contribution in [0.15, 0.2) is 18.2 Å². The summed E-state index contributed by atoms with van der Waals surface area (Å²) in [4.78, 5) is 4.09. The lowest BCUT2D eigenvalue weighted by molar-refractivity contribution is -0.0661. The number of hydrogen-bond acceptors (Lipinski definition) is 5. The molecule has 2 fully saturated rings. The highest BCUT2D eigenvalue weighted by Gasteiger charge is 2.35. The van der Waals surface area contributed by atoms with E-state index in [-0.39, 0.29) is 19.6 Å². The molecule has 2 aliphatic heterocycles. The zero-order valence-electron chi connectivity index (χ0n) is 19.2.